The first-order valence-electron chi connectivity index (χ1n) is 8.93. The maximum atomic E-state index is 11.9. The van der Waals surface area contributed by atoms with Crippen LogP contribution in [0.25, 0.3) is 11.4 Å². The molecule has 1 N–H and O–H groups in total. The smallest absolute Gasteiger partial charge is 0.138 e. The number of aromatic nitrogens is 12. The zero-order valence-corrected chi connectivity index (χ0v) is 15.6. The van der Waals surface area contributed by atoms with Crippen LogP contribution in [0.4, 0.5) is 0 Å². The summed E-state index contributed by atoms with van der Waals surface area (Å²) in [7, 11) is 0. The minimum absolute atomic E-state index is 0.136. The molecular formula is C17H16N12O. The molecule has 30 heavy (non-hydrogen) atoms. The molecule has 150 valence electrons. The fourth-order valence-electron chi connectivity index (χ4n) is 3.30. The first kappa shape index (κ1) is 17.8. The van der Waals surface area contributed by atoms with Crippen LogP contribution >= 0.6 is 0 Å². The highest BCUT2D eigenvalue weighted by Crippen LogP contribution is 2.31. The summed E-state index contributed by atoms with van der Waals surface area (Å²) in [6, 6.07) is 5.52. The van der Waals surface area contributed by atoms with Gasteiger partial charge < -0.3 is 5.11 Å². The van der Waals surface area contributed by atoms with E-state index in [9.17, 15) is 5.11 Å². The molecular weight excluding hydrogens is 388 g/mol. The summed E-state index contributed by atoms with van der Waals surface area (Å²) in [6.07, 6.45) is 12.0. The summed E-state index contributed by atoms with van der Waals surface area (Å²) in [5, 5.41) is 28.6. The Kier molecular flexibility index (Phi) is 4.33. The molecule has 13 heteroatoms. The molecule has 0 unspecified atom stereocenters. The van der Waals surface area contributed by atoms with E-state index in [0.717, 1.165) is 5.69 Å². The minimum atomic E-state index is -1.41. The first-order valence-corrected chi connectivity index (χ1v) is 8.93. The number of hydrogen-bond acceptors (Lipinski definition) is 9. The van der Waals surface area contributed by atoms with Crippen molar-refractivity contribution >= 4 is 0 Å². The summed E-state index contributed by atoms with van der Waals surface area (Å²) in [6.45, 7) is 0.272. The molecule has 0 bridgehead atoms. The highest BCUT2D eigenvalue weighted by Gasteiger charge is 2.35. The Morgan fingerprint density at radius 1 is 0.700 bits per heavy atom. The van der Waals surface area contributed by atoms with Crippen LogP contribution in [0.15, 0.2) is 68.8 Å². The lowest BCUT2D eigenvalue weighted by Gasteiger charge is -2.30. The van der Waals surface area contributed by atoms with E-state index in [0.29, 0.717) is 11.3 Å². The van der Waals surface area contributed by atoms with E-state index in [4.69, 9.17) is 0 Å². The van der Waals surface area contributed by atoms with Crippen molar-refractivity contribution in [1.82, 2.24) is 59.1 Å². The SMILES string of the molecule is OC(Cn1cncn1)(Cn1cncn1)c1ccc(-n2cncn2)cc1-n1cncn1. The average Bonchev–Trinajstić information content (AvgIpc) is 3.57. The normalized spacial score (nSPS) is 11.8. The van der Waals surface area contributed by atoms with Gasteiger partial charge in [0, 0.05) is 5.56 Å². The molecule has 0 amide bonds. The molecule has 4 aromatic heterocycles. The molecule has 4 heterocycles. The van der Waals surface area contributed by atoms with Gasteiger partial charge in [-0.3, -0.25) is 0 Å². The third-order valence-electron chi connectivity index (χ3n) is 4.61. The lowest BCUT2D eigenvalue weighted by Crippen LogP contribution is -2.38. The molecule has 0 radical (unpaired) electrons. The van der Waals surface area contributed by atoms with Crippen molar-refractivity contribution in [2.45, 2.75) is 18.7 Å². The Bertz CT molecular complexity index is 1160. The second-order valence-corrected chi connectivity index (χ2v) is 6.60. The predicted molar refractivity (Wildman–Crippen MR) is 100 cm³/mol. The Morgan fingerprint density at radius 2 is 1.27 bits per heavy atom. The average molecular weight is 404 g/mol. The Morgan fingerprint density at radius 3 is 1.80 bits per heavy atom. The summed E-state index contributed by atoms with van der Waals surface area (Å²) in [5.74, 6) is 0. The maximum Gasteiger partial charge on any atom is 0.138 e. The van der Waals surface area contributed by atoms with E-state index in [-0.39, 0.29) is 13.1 Å². The Balaban J connectivity index is 1.66. The lowest BCUT2D eigenvalue weighted by molar-refractivity contribution is -0.00549. The molecule has 5 aromatic rings. The topological polar surface area (TPSA) is 143 Å². The largest absolute Gasteiger partial charge is 0.381 e. The molecule has 0 fully saturated rings. The zero-order valence-electron chi connectivity index (χ0n) is 15.6. The predicted octanol–water partition coefficient (Wildman–Crippen LogP) is -0.381. The monoisotopic (exact) mass is 404 g/mol. The van der Waals surface area contributed by atoms with Gasteiger partial charge in [-0.15, -0.1) is 0 Å². The van der Waals surface area contributed by atoms with E-state index in [1.54, 1.807) is 44.0 Å². The van der Waals surface area contributed by atoms with Crippen molar-refractivity contribution in [2.75, 3.05) is 0 Å². The zero-order chi connectivity index (χ0) is 20.4. The van der Waals surface area contributed by atoms with Gasteiger partial charge in [-0.25, -0.2) is 38.7 Å². The van der Waals surface area contributed by atoms with Gasteiger partial charge in [0.2, 0.25) is 0 Å². The fraction of sp³-hybridized carbons (Fsp3) is 0.176. The highest BCUT2D eigenvalue weighted by molar-refractivity contribution is 5.51. The summed E-state index contributed by atoms with van der Waals surface area (Å²) >= 11 is 0. The molecule has 0 saturated heterocycles. The lowest BCUT2D eigenvalue weighted by atomic mass is 9.91. The van der Waals surface area contributed by atoms with Crippen LogP contribution in [0, 0.1) is 0 Å². The van der Waals surface area contributed by atoms with Gasteiger partial charge in [0.05, 0.1) is 24.5 Å². The first-order chi connectivity index (χ1) is 14.7. The van der Waals surface area contributed by atoms with E-state index in [1.807, 2.05) is 18.2 Å². The Hall–Kier alpha value is -4.26. The number of aliphatic hydroxyl groups is 1. The highest BCUT2D eigenvalue weighted by atomic mass is 16.3. The summed E-state index contributed by atoms with van der Waals surface area (Å²) < 4.78 is 6.34. The van der Waals surface area contributed by atoms with Gasteiger partial charge in [-0.2, -0.15) is 20.4 Å². The number of rotatable bonds is 7. The van der Waals surface area contributed by atoms with Gasteiger partial charge in [0.1, 0.15) is 56.2 Å². The van der Waals surface area contributed by atoms with Crippen LogP contribution in [0.2, 0.25) is 0 Å². The molecule has 0 aliphatic rings. The van der Waals surface area contributed by atoms with Gasteiger partial charge >= 0.3 is 0 Å². The van der Waals surface area contributed by atoms with Gasteiger partial charge in [-0.1, -0.05) is 6.07 Å². The summed E-state index contributed by atoms with van der Waals surface area (Å²) in [4.78, 5) is 16.0. The number of nitrogens with zero attached hydrogens (tertiary/aromatic N) is 12. The van der Waals surface area contributed by atoms with Crippen molar-refractivity contribution < 1.29 is 5.11 Å². The molecule has 0 aliphatic heterocycles. The molecule has 0 spiro atoms. The van der Waals surface area contributed by atoms with Crippen LogP contribution in [-0.4, -0.2) is 64.2 Å². The molecule has 0 saturated carbocycles. The summed E-state index contributed by atoms with van der Waals surface area (Å²) in [5.41, 5.74) is 0.570. The molecule has 0 atom stereocenters. The van der Waals surface area contributed by atoms with Crippen LogP contribution in [-0.2, 0) is 18.7 Å². The van der Waals surface area contributed by atoms with E-state index in [1.165, 1.54) is 25.3 Å². The standard InChI is InChI=1S/C17H16N12O/c30-17(4-26-10-18-6-22-26,5-27-11-19-7-23-27)15-2-1-14(28-12-20-8-24-28)3-16(15)29-13-21-9-25-29/h1-3,6-13,30H,4-5H2. The maximum absolute atomic E-state index is 11.9. The quantitative estimate of drug-likeness (QED) is 0.384. The van der Waals surface area contributed by atoms with E-state index in [2.05, 4.69) is 40.3 Å². The van der Waals surface area contributed by atoms with E-state index >= 15 is 0 Å². The molecule has 5 rings (SSSR count). The minimum Gasteiger partial charge on any atom is -0.381 e. The third kappa shape index (κ3) is 3.33. The van der Waals surface area contributed by atoms with Crippen LogP contribution < -0.4 is 0 Å². The van der Waals surface area contributed by atoms with Gasteiger partial charge in [-0.05, 0) is 12.1 Å². The second kappa shape index (κ2) is 7.29. The molecule has 1 aromatic carbocycles. The number of benzene rings is 1. The van der Waals surface area contributed by atoms with Crippen LogP contribution in [0.1, 0.15) is 5.56 Å². The van der Waals surface area contributed by atoms with Gasteiger partial charge in [0.15, 0.2) is 0 Å². The van der Waals surface area contributed by atoms with Crippen molar-refractivity contribution in [3.05, 3.63) is 74.4 Å². The van der Waals surface area contributed by atoms with Crippen molar-refractivity contribution in [1.29, 1.82) is 0 Å². The van der Waals surface area contributed by atoms with E-state index < -0.39 is 5.60 Å². The molecule has 0 aliphatic carbocycles. The van der Waals surface area contributed by atoms with Crippen molar-refractivity contribution in [3.63, 3.8) is 0 Å². The fourth-order valence-corrected chi connectivity index (χ4v) is 3.30. The van der Waals surface area contributed by atoms with Crippen molar-refractivity contribution in [2.24, 2.45) is 0 Å². The van der Waals surface area contributed by atoms with Crippen LogP contribution in [0.5, 0.6) is 0 Å². The third-order valence-corrected chi connectivity index (χ3v) is 4.61. The molecule has 13 nitrogen and oxygen atoms in total. The second-order valence-electron chi connectivity index (χ2n) is 6.60. The van der Waals surface area contributed by atoms with Gasteiger partial charge in [0.25, 0.3) is 0 Å². The van der Waals surface area contributed by atoms with Crippen molar-refractivity contribution in [3.8, 4) is 11.4 Å². The Labute approximate surface area is 169 Å². The van der Waals surface area contributed by atoms with Crippen LogP contribution in [0.3, 0.4) is 0 Å². The number of hydrogen-bond donors (Lipinski definition) is 1.